The van der Waals surface area contributed by atoms with E-state index in [0.717, 1.165) is 24.1 Å². The van der Waals surface area contributed by atoms with Gasteiger partial charge in [0.1, 0.15) is 5.75 Å². The molecule has 0 spiro atoms. The van der Waals surface area contributed by atoms with Gasteiger partial charge in [-0.05, 0) is 36.2 Å². The lowest BCUT2D eigenvalue weighted by Gasteiger charge is -2.11. The van der Waals surface area contributed by atoms with Crippen molar-refractivity contribution in [2.75, 3.05) is 7.11 Å². The van der Waals surface area contributed by atoms with Gasteiger partial charge in [0.05, 0.1) is 18.4 Å². The number of hydrogen-bond donors (Lipinski definition) is 1. The molecule has 2 unspecified atom stereocenters. The molecule has 3 rings (SSSR count). The molecule has 1 aliphatic carbocycles. The first-order chi connectivity index (χ1) is 10.4. The van der Waals surface area contributed by atoms with E-state index in [1.54, 1.807) is 18.3 Å². The average Bonchev–Trinajstić information content (AvgIpc) is 3.23. The molecule has 0 saturated heterocycles. The molecule has 124 valence electrons. The third-order valence-corrected chi connectivity index (χ3v) is 3.82. The summed E-state index contributed by atoms with van der Waals surface area (Å²) in [6, 6.07) is 7.34. The average molecular weight is 345 g/mol. The van der Waals surface area contributed by atoms with Crippen LogP contribution in [0.15, 0.2) is 36.5 Å². The minimum absolute atomic E-state index is 0. The van der Waals surface area contributed by atoms with Crippen molar-refractivity contribution in [2.24, 2.45) is 5.73 Å². The van der Waals surface area contributed by atoms with E-state index in [-0.39, 0.29) is 24.2 Å². The first-order valence-corrected chi connectivity index (χ1v) is 6.86. The van der Waals surface area contributed by atoms with Gasteiger partial charge in [-0.2, -0.15) is 13.2 Å². The maximum absolute atomic E-state index is 12.9. The number of methoxy groups -OCH3 is 1. The number of benzene rings is 1. The number of ether oxygens (including phenoxy) is 1. The lowest BCUT2D eigenvalue weighted by atomic mass is 10.0. The number of pyridine rings is 1. The summed E-state index contributed by atoms with van der Waals surface area (Å²) in [6.07, 6.45) is -1.82. The molecule has 1 fully saturated rings. The molecule has 2 atom stereocenters. The second-order valence-corrected chi connectivity index (χ2v) is 5.43. The highest BCUT2D eigenvalue weighted by atomic mass is 35.5. The van der Waals surface area contributed by atoms with Gasteiger partial charge in [-0.3, -0.25) is 4.98 Å². The van der Waals surface area contributed by atoms with Crippen LogP contribution >= 0.6 is 12.4 Å². The summed E-state index contributed by atoms with van der Waals surface area (Å²) in [6.45, 7) is 0. The summed E-state index contributed by atoms with van der Waals surface area (Å²) in [5.74, 6) is 0.470. The Morgan fingerprint density at radius 2 is 1.91 bits per heavy atom. The van der Waals surface area contributed by atoms with Crippen LogP contribution in [0.2, 0.25) is 0 Å². The van der Waals surface area contributed by atoms with Crippen molar-refractivity contribution >= 4 is 12.4 Å². The zero-order valence-electron chi connectivity index (χ0n) is 12.3. The van der Waals surface area contributed by atoms with Crippen LogP contribution in [0, 0.1) is 0 Å². The topological polar surface area (TPSA) is 48.1 Å². The van der Waals surface area contributed by atoms with E-state index in [2.05, 4.69) is 4.98 Å². The minimum Gasteiger partial charge on any atom is -0.497 e. The number of hydrogen-bond acceptors (Lipinski definition) is 3. The fraction of sp³-hybridized carbons (Fsp3) is 0.312. The Hall–Kier alpha value is -1.79. The third kappa shape index (κ3) is 3.76. The Morgan fingerprint density at radius 1 is 1.22 bits per heavy atom. The predicted molar refractivity (Wildman–Crippen MR) is 83.8 cm³/mol. The van der Waals surface area contributed by atoms with Crippen LogP contribution in [-0.2, 0) is 6.18 Å². The van der Waals surface area contributed by atoms with Crippen molar-refractivity contribution in [3.63, 3.8) is 0 Å². The first kappa shape index (κ1) is 17.6. The molecule has 1 aromatic carbocycles. The van der Waals surface area contributed by atoms with Gasteiger partial charge < -0.3 is 10.5 Å². The van der Waals surface area contributed by atoms with Crippen molar-refractivity contribution in [1.29, 1.82) is 0 Å². The Labute approximate surface area is 138 Å². The van der Waals surface area contributed by atoms with E-state index >= 15 is 0 Å². The van der Waals surface area contributed by atoms with Gasteiger partial charge >= 0.3 is 6.18 Å². The lowest BCUT2D eigenvalue weighted by molar-refractivity contribution is -0.137. The molecule has 1 heterocycles. The molecule has 2 N–H and O–H groups in total. The second kappa shape index (κ2) is 6.37. The molecule has 23 heavy (non-hydrogen) atoms. The van der Waals surface area contributed by atoms with Gasteiger partial charge in [0.2, 0.25) is 0 Å². The smallest absolute Gasteiger partial charge is 0.416 e. The van der Waals surface area contributed by atoms with Crippen LogP contribution in [0.25, 0.3) is 11.3 Å². The summed E-state index contributed by atoms with van der Waals surface area (Å²) in [4.78, 5) is 4.26. The summed E-state index contributed by atoms with van der Waals surface area (Å²) in [5.41, 5.74) is 6.90. The van der Waals surface area contributed by atoms with Crippen molar-refractivity contribution < 1.29 is 17.9 Å². The van der Waals surface area contributed by atoms with Crippen LogP contribution in [0.1, 0.15) is 23.5 Å². The summed E-state index contributed by atoms with van der Waals surface area (Å²) in [7, 11) is 1.34. The highest BCUT2D eigenvalue weighted by Crippen LogP contribution is 2.39. The molecule has 3 nitrogen and oxygen atoms in total. The normalized spacial score (nSPS) is 19.9. The maximum Gasteiger partial charge on any atom is 0.416 e. The van der Waals surface area contributed by atoms with Crippen LogP contribution in [0.5, 0.6) is 5.75 Å². The van der Waals surface area contributed by atoms with Crippen LogP contribution in [0.4, 0.5) is 13.2 Å². The van der Waals surface area contributed by atoms with E-state index in [4.69, 9.17) is 10.5 Å². The van der Waals surface area contributed by atoms with Gasteiger partial charge in [0.25, 0.3) is 0 Å². The SMILES string of the molecule is COc1cc(-c2ccc(C3CC3N)cn2)cc(C(F)(F)F)c1.Cl. The molecule has 1 saturated carbocycles. The molecule has 7 heteroatoms. The van der Waals surface area contributed by atoms with E-state index in [9.17, 15) is 13.2 Å². The summed E-state index contributed by atoms with van der Waals surface area (Å²) >= 11 is 0. The predicted octanol–water partition coefficient (Wildman–Crippen LogP) is 4.01. The monoisotopic (exact) mass is 344 g/mol. The fourth-order valence-electron chi connectivity index (χ4n) is 2.42. The third-order valence-electron chi connectivity index (χ3n) is 3.82. The van der Waals surface area contributed by atoms with Crippen molar-refractivity contribution in [3.05, 3.63) is 47.7 Å². The van der Waals surface area contributed by atoms with Gasteiger partial charge in [0, 0.05) is 23.7 Å². The number of rotatable bonds is 3. The fourth-order valence-corrected chi connectivity index (χ4v) is 2.42. The molecule has 0 radical (unpaired) electrons. The summed E-state index contributed by atoms with van der Waals surface area (Å²) < 4.78 is 43.7. The van der Waals surface area contributed by atoms with Gasteiger partial charge in [0.15, 0.2) is 0 Å². The zero-order valence-corrected chi connectivity index (χ0v) is 13.1. The second-order valence-electron chi connectivity index (χ2n) is 5.43. The van der Waals surface area contributed by atoms with Crippen molar-refractivity contribution in [1.82, 2.24) is 4.98 Å². The number of alkyl halides is 3. The molecule has 0 bridgehead atoms. The van der Waals surface area contributed by atoms with Crippen LogP contribution < -0.4 is 10.5 Å². The highest BCUT2D eigenvalue weighted by molar-refractivity contribution is 5.85. The Balaban J connectivity index is 0.00000192. The zero-order chi connectivity index (χ0) is 15.9. The molecular weight excluding hydrogens is 329 g/mol. The molecule has 1 aliphatic rings. The molecule has 0 amide bonds. The van der Waals surface area contributed by atoms with Gasteiger partial charge in [-0.1, -0.05) is 6.07 Å². The quantitative estimate of drug-likeness (QED) is 0.915. The van der Waals surface area contributed by atoms with Gasteiger partial charge in [-0.25, -0.2) is 0 Å². The molecule has 2 aromatic rings. The van der Waals surface area contributed by atoms with E-state index in [1.807, 2.05) is 6.07 Å². The van der Waals surface area contributed by atoms with E-state index in [0.29, 0.717) is 17.2 Å². The Morgan fingerprint density at radius 3 is 2.39 bits per heavy atom. The first-order valence-electron chi connectivity index (χ1n) is 6.86. The molecular formula is C16H16ClF3N2O. The van der Waals surface area contributed by atoms with E-state index < -0.39 is 11.7 Å². The minimum atomic E-state index is -4.43. The molecule has 1 aromatic heterocycles. The number of nitrogens with two attached hydrogens (primary N) is 1. The van der Waals surface area contributed by atoms with Crippen LogP contribution in [0.3, 0.4) is 0 Å². The standard InChI is InChI=1S/C16H15F3N2O.ClH/c1-22-12-5-10(4-11(6-12)16(17,18)19)15-3-2-9(8-21-15)13-7-14(13)20;/h2-6,8,13-14H,7,20H2,1H3;1H. The maximum atomic E-state index is 12.9. The number of nitrogens with zero attached hydrogens (tertiary/aromatic N) is 1. The van der Waals surface area contributed by atoms with E-state index in [1.165, 1.54) is 7.11 Å². The largest absolute Gasteiger partial charge is 0.497 e. The number of halogens is 4. The number of aromatic nitrogens is 1. The lowest BCUT2D eigenvalue weighted by Crippen LogP contribution is -2.05. The van der Waals surface area contributed by atoms with Crippen molar-refractivity contribution in [2.45, 2.75) is 24.6 Å². The highest BCUT2D eigenvalue weighted by Gasteiger charge is 2.35. The summed E-state index contributed by atoms with van der Waals surface area (Å²) in [5, 5.41) is 0. The molecule has 0 aliphatic heterocycles. The van der Waals surface area contributed by atoms with Crippen molar-refractivity contribution in [3.8, 4) is 17.0 Å². The van der Waals surface area contributed by atoms with Gasteiger partial charge in [-0.15, -0.1) is 12.4 Å². The Bertz CT molecular complexity index is 689. The van der Waals surface area contributed by atoms with Crippen LogP contribution in [-0.4, -0.2) is 18.1 Å². The Kier molecular flexibility index (Phi) is 4.87.